The summed E-state index contributed by atoms with van der Waals surface area (Å²) in [7, 11) is 0.755. The molecular weight excluding hydrogens is 265 g/mol. The number of aromatic nitrogens is 1. The molecule has 2 rings (SSSR count). The quantitative estimate of drug-likeness (QED) is 0.588. The van der Waals surface area contributed by atoms with Crippen molar-refractivity contribution in [2.45, 2.75) is 33.5 Å². The summed E-state index contributed by atoms with van der Waals surface area (Å²) in [5.74, 6) is -0.176. The predicted octanol–water partition coefficient (Wildman–Crippen LogP) is 3.48. The van der Waals surface area contributed by atoms with Gasteiger partial charge in [-0.25, -0.2) is 8.96 Å². The molecule has 0 amide bonds. The van der Waals surface area contributed by atoms with Crippen LogP contribution in [-0.2, 0) is 7.05 Å². The second-order valence-electron chi connectivity index (χ2n) is 6.58. The number of nitrogens with zero attached hydrogens (tertiary/aromatic N) is 1. The normalized spacial score (nSPS) is 11.8. The number of benzene rings is 1. The summed E-state index contributed by atoms with van der Waals surface area (Å²) >= 11 is 0. The van der Waals surface area contributed by atoms with Gasteiger partial charge in [-0.1, -0.05) is 19.6 Å². The number of pyridine rings is 1. The first-order valence-electron chi connectivity index (χ1n) is 6.97. The van der Waals surface area contributed by atoms with Gasteiger partial charge in [0, 0.05) is 16.3 Å². The largest absolute Gasteiger partial charge is 0.215 e. The van der Waals surface area contributed by atoms with Crippen LogP contribution in [0, 0.1) is 19.7 Å². The van der Waals surface area contributed by atoms with Gasteiger partial charge in [-0.2, -0.15) is 0 Å². The van der Waals surface area contributed by atoms with Crippen molar-refractivity contribution in [3.05, 3.63) is 47.4 Å². The van der Waals surface area contributed by atoms with Crippen molar-refractivity contribution in [3.63, 3.8) is 0 Å². The van der Waals surface area contributed by atoms with E-state index in [9.17, 15) is 4.39 Å². The first-order valence-corrected chi connectivity index (χ1v) is 10.5. The average molecular weight is 288 g/mol. The predicted molar refractivity (Wildman–Crippen MR) is 85.5 cm³/mol. The third kappa shape index (κ3) is 2.83. The van der Waals surface area contributed by atoms with Crippen LogP contribution in [0.5, 0.6) is 0 Å². The van der Waals surface area contributed by atoms with Crippen LogP contribution in [0.25, 0.3) is 11.3 Å². The van der Waals surface area contributed by atoms with E-state index in [1.165, 1.54) is 22.5 Å². The highest BCUT2D eigenvalue weighted by Crippen LogP contribution is 2.23. The molecule has 1 aromatic carbocycles. The summed E-state index contributed by atoms with van der Waals surface area (Å²) in [5.41, 5.74) is 4.50. The van der Waals surface area contributed by atoms with Gasteiger partial charge in [0.25, 0.3) is 0 Å². The highest BCUT2D eigenvalue weighted by atomic mass is 28.3. The lowest BCUT2D eigenvalue weighted by Crippen LogP contribution is -2.45. The van der Waals surface area contributed by atoms with E-state index < -0.39 is 8.07 Å². The lowest BCUT2D eigenvalue weighted by molar-refractivity contribution is -0.659. The molecule has 0 unspecified atom stereocenters. The van der Waals surface area contributed by atoms with Crippen molar-refractivity contribution in [1.82, 2.24) is 0 Å². The van der Waals surface area contributed by atoms with Gasteiger partial charge in [0.2, 0.25) is 5.69 Å². The monoisotopic (exact) mass is 288 g/mol. The minimum absolute atomic E-state index is 0.176. The van der Waals surface area contributed by atoms with Gasteiger partial charge in [-0.05, 0) is 43.7 Å². The molecule has 1 heterocycles. The van der Waals surface area contributed by atoms with Crippen LogP contribution in [0.3, 0.4) is 0 Å². The summed E-state index contributed by atoms with van der Waals surface area (Å²) in [6.45, 7) is 11.2. The summed E-state index contributed by atoms with van der Waals surface area (Å²) < 4.78 is 15.5. The molecule has 0 spiro atoms. The molecule has 0 atom stereocenters. The first kappa shape index (κ1) is 14.9. The maximum atomic E-state index is 13.3. The van der Waals surface area contributed by atoms with Crippen molar-refractivity contribution in [1.29, 1.82) is 0 Å². The summed E-state index contributed by atoms with van der Waals surface area (Å²) in [6.07, 6.45) is 2.23. The van der Waals surface area contributed by atoms with Crippen LogP contribution in [0.4, 0.5) is 4.39 Å². The van der Waals surface area contributed by atoms with E-state index in [0.29, 0.717) is 0 Å². The van der Waals surface area contributed by atoms with Gasteiger partial charge >= 0.3 is 0 Å². The van der Waals surface area contributed by atoms with E-state index in [1.54, 1.807) is 6.07 Å². The highest BCUT2D eigenvalue weighted by Gasteiger charge is 2.24. The molecule has 0 aliphatic carbocycles. The molecule has 0 N–H and O–H groups in total. The highest BCUT2D eigenvalue weighted by molar-refractivity contribution is 6.88. The van der Waals surface area contributed by atoms with E-state index in [2.05, 4.69) is 50.4 Å². The van der Waals surface area contributed by atoms with Gasteiger partial charge in [0.05, 0.1) is 8.07 Å². The fourth-order valence-corrected chi connectivity index (χ4v) is 3.83. The molecule has 0 saturated heterocycles. The summed E-state index contributed by atoms with van der Waals surface area (Å²) in [5, 5.41) is 1.45. The molecule has 0 aliphatic rings. The van der Waals surface area contributed by atoms with Gasteiger partial charge in [0.1, 0.15) is 12.9 Å². The van der Waals surface area contributed by atoms with Gasteiger partial charge in [-0.15, -0.1) is 0 Å². The zero-order valence-corrected chi connectivity index (χ0v) is 14.2. The Morgan fingerprint density at radius 1 is 1.00 bits per heavy atom. The van der Waals surface area contributed by atoms with Crippen LogP contribution in [0.2, 0.25) is 19.6 Å². The minimum atomic E-state index is -1.32. The van der Waals surface area contributed by atoms with Crippen LogP contribution >= 0.6 is 0 Å². The molecule has 1 nitrogen and oxygen atoms in total. The van der Waals surface area contributed by atoms with Crippen molar-refractivity contribution in [3.8, 4) is 11.3 Å². The number of rotatable bonds is 2. The van der Waals surface area contributed by atoms with E-state index in [1.807, 2.05) is 13.0 Å². The standard InChI is InChI=1S/C17H23FNSi/c1-12-9-14(18)7-8-16(12)17-13(2)10-15(11-19(17)3)20(4,5)6/h7-11H,1-6H3/q+1. The lowest BCUT2D eigenvalue weighted by Gasteiger charge is -2.17. The van der Waals surface area contributed by atoms with Gasteiger partial charge in [0.15, 0.2) is 6.20 Å². The Morgan fingerprint density at radius 3 is 2.15 bits per heavy atom. The van der Waals surface area contributed by atoms with E-state index in [-0.39, 0.29) is 5.82 Å². The Kier molecular flexibility index (Phi) is 3.83. The molecular formula is C17H23FNSi+. The van der Waals surface area contributed by atoms with E-state index in [0.717, 1.165) is 11.1 Å². The van der Waals surface area contributed by atoms with Crippen molar-refractivity contribution in [2.24, 2.45) is 7.05 Å². The molecule has 0 fully saturated rings. The van der Waals surface area contributed by atoms with Gasteiger partial charge < -0.3 is 0 Å². The smallest absolute Gasteiger partial charge is 0.207 e. The van der Waals surface area contributed by atoms with E-state index >= 15 is 0 Å². The Labute approximate surface area is 122 Å². The molecule has 0 saturated carbocycles. The zero-order chi connectivity index (χ0) is 15.1. The summed E-state index contributed by atoms with van der Waals surface area (Å²) in [6, 6.07) is 7.31. The SMILES string of the molecule is Cc1cc(F)ccc1-c1c(C)cc([Si](C)(C)C)c[n+]1C. The number of hydrogen-bond donors (Lipinski definition) is 0. The molecule has 0 radical (unpaired) electrons. The molecule has 20 heavy (non-hydrogen) atoms. The second kappa shape index (κ2) is 5.13. The van der Waals surface area contributed by atoms with E-state index in [4.69, 9.17) is 0 Å². The van der Waals surface area contributed by atoms with Crippen LogP contribution in [0.1, 0.15) is 11.1 Å². The Hall–Kier alpha value is -1.48. The zero-order valence-electron chi connectivity index (χ0n) is 13.2. The Bertz CT molecular complexity index is 634. The molecule has 1 aromatic heterocycles. The maximum Gasteiger partial charge on any atom is 0.215 e. The minimum Gasteiger partial charge on any atom is -0.207 e. The van der Waals surface area contributed by atoms with Crippen LogP contribution < -0.4 is 9.75 Å². The Morgan fingerprint density at radius 2 is 1.65 bits per heavy atom. The second-order valence-corrected chi connectivity index (χ2v) is 11.7. The third-order valence-electron chi connectivity index (χ3n) is 3.74. The topological polar surface area (TPSA) is 3.88 Å². The molecule has 3 heteroatoms. The lowest BCUT2D eigenvalue weighted by atomic mass is 10.0. The van der Waals surface area contributed by atoms with Gasteiger partial charge in [-0.3, -0.25) is 0 Å². The Balaban J connectivity index is 2.64. The number of halogens is 1. The number of aryl methyl sites for hydroxylation is 3. The fourth-order valence-electron chi connectivity index (χ4n) is 2.60. The molecule has 0 bridgehead atoms. The third-order valence-corrected chi connectivity index (χ3v) is 5.75. The maximum absolute atomic E-state index is 13.3. The van der Waals surface area contributed by atoms with Crippen molar-refractivity contribution < 1.29 is 8.96 Å². The number of hydrogen-bond acceptors (Lipinski definition) is 0. The fraction of sp³-hybridized carbons (Fsp3) is 0.353. The molecule has 2 aromatic rings. The van der Waals surface area contributed by atoms with Crippen molar-refractivity contribution in [2.75, 3.05) is 0 Å². The first-order chi connectivity index (χ1) is 9.20. The van der Waals surface area contributed by atoms with Crippen LogP contribution in [-0.4, -0.2) is 8.07 Å². The summed E-state index contributed by atoms with van der Waals surface area (Å²) in [4.78, 5) is 0. The van der Waals surface area contributed by atoms with Crippen molar-refractivity contribution >= 4 is 13.3 Å². The average Bonchev–Trinajstić information content (AvgIpc) is 2.29. The molecule has 106 valence electrons. The van der Waals surface area contributed by atoms with Crippen LogP contribution in [0.15, 0.2) is 30.5 Å². The molecule has 0 aliphatic heterocycles.